The molecule has 0 aliphatic carbocycles. The zero-order chi connectivity index (χ0) is 21.8. The number of fused-ring (bicyclic) bond motifs is 1. The number of H-pyrrole nitrogens is 1. The number of carbonyl (C=O) groups excluding carboxylic acids is 1. The van der Waals surface area contributed by atoms with Crippen LogP contribution >= 0.6 is 0 Å². The summed E-state index contributed by atoms with van der Waals surface area (Å²) in [6, 6.07) is 7.40. The van der Waals surface area contributed by atoms with Gasteiger partial charge >= 0.3 is 6.03 Å². The predicted octanol–water partition coefficient (Wildman–Crippen LogP) is 1.95. The molecule has 1 saturated heterocycles. The van der Waals surface area contributed by atoms with Crippen LogP contribution in [0.4, 0.5) is 16.3 Å². The average molecular weight is 422 g/mol. The molecule has 1 aliphatic heterocycles. The molecule has 2 amide bonds. The molecule has 1 fully saturated rings. The Balaban J connectivity index is 1.36. The standard InChI is InChI=1S/C22H27N7O2/c1-3-16-11-18-19(26-21(16)30)10-15(12-24-18)14-28-6-8-29(9-7-28)17-4-5-20(25-13-17)27-22(31)23-2/h4-5,10-13H,3,6-9,14H2,1-2H3,(H,26,30)(H2,23,25,27,31). The maximum atomic E-state index is 12.1. The number of aromatic amines is 1. The third-order valence-electron chi connectivity index (χ3n) is 5.57. The molecule has 0 atom stereocenters. The van der Waals surface area contributed by atoms with Crippen molar-refractivity contribution in [2.45, 2.75) is 19.9 Å². The number of amides is 2. The number of hydrogen-bond donors (Lipinski definition) is 3. The Morgan fingerprint density at radius 3 is 2.61 bits per heavy atom. The van der Waals surface area contributed by atoms with Gasteiger partial charge in [-0.05, 0) is 36.2 Å². The highest BCUT2D eigenvalue weighted by atomic mass is 16.2. The fourth-order valence-corrected chi connectivity index (χ4v) is 3.76. The van der Waals surface area contributed by atoms with Gasteiger partial charge in [-0.25, -0.2) is 9.78 Å². The second-order valence-corrected chi connectivity index (χ2v) is 7.62. The first kappa shape index (κ1) is 20.8. The largest absolute Gasteiger partial charge is 0.368 e. The van der Waals surface area contributed by atoms with Crippen molar-refractivity contribution in [1.82, 2.24) is 25.2 Å². The van der Waals surface area contributed by atoms with Gasteiger partial charge in [-0.15, -0.1) is 0 Å². The molecule has 3 N–H and O–H groups in total. The summed E-state index contributed by atoms with van der Waals surface area (Å²) in [4.78, 5) is 39.9. The number of aryl methyl sites for hydroxylation is 1. The number of nitrogens with one attached hydrogen (secondary N) is 3. The molecule has 162 valence electrons. The molecule has 0 radical (unpaired) electrons. The van der Waals surface area contributed by atoms with E-state index in [9.17, 15) is 9.59 Å². The lowest BCUT2D eigenvalue weighted by molar-refractivity contribution is 0.249. The van der Waals surface area contributed by atoms with Crippen molar-refractivity contribution in [1.29, 1.82) is 0 Å². The lowest BCUT2D eigenvalue weighted by atomic mass is 10.1. The van der Waals surface area contributed by atoms with Crippen LogP contribution in [0, 0.1) is 0 Å². The van der Waals surface area contributed by atoms with Crippen molar-refractivity contribution < 1.29 is 4.79 Å². The maximum Gasteiger partial charge on any atom is 0.320 e. The van der Waals surface area contributed by atoms with Gasteiger partial charge in [-0.1, -0.05) is 6.92 Å². The third-order valence-corrected chi connectivity index (χ3v) is 5.57. The number of rotatable bonds is 5. The highest BCUT2D eigenvalue weighted by Gasteiger charge is 2.18. The summed E-state index contributed by atoms with van der Waals surface area (Å²) in [5.41, 5.74) is 4.47. The molecule has 3 aromatic heterocycles. The van der Waals surface area contributed by atoms with Crippen molar-refractivity contribution in [3.63, 3.8) is 0 Å². The molecule has 4 rings (SSSR count). The lowest BCUT2D eigenvalue weighted by Crippen LogP contribution is -2.46. The van der Waals surface area contributed by atoms with Crippen molar-refractivity contribution in [3.05, 3.63) is 58.1 Å². The van der Waals surface area contributed by atoms with Gasteiger partial charge in [0.25, 0.3) is 5.56 Å². The number of hydrogen-bond acceptors (Lipinski definition) is 6. The highest BCUT2D eigenvalue weighted by Crippen LogP contribution is 2.19. The highest BCUT2D eigenvalue weighted by molar-refractivity contribution is 5.88. The van der Waals surface area contributed by atoms with Crippen molar-refractivity contribution in [2.75, 3.05) is 43.4 Å². The minimum absolute atomic E-state index is 0.0345. The van der Waals surface area contributed by atoms with E-state index in [0.29, 0.717) is 12.2 Å². The van der Waals surface area contributed by atoms with Crippen LogP contribution in [-0.4, -0.2) is 59.1 Å². The van der Waals surface area contributed by atoms with Crippen LogP contribution in [0.25, 0.3) is 11.0 Å². The van der Waals surface area contributed by atoms with Gasteiger partial charge in [0, 0.05) is 51.5 Å². The molecule has 9 nitrogen and oxygen atoms in total. The summed E-state index contributed by atoms with van der Waals surface area (Å²) in [5.74, 6) is 0.523. The van der Waals surface area contributed by atoms with Gasteiger partial charge in [0.2, 0.25) is 0 Å². The molecular weight excluding hydrogens is 394 g/mol. The number of urea groups is 1. The van der Waals surface area contributed by atoms with E-state index in [1.807, 2.05) is 37.4 Å². The first-order valence-corrected chi connectivity index (χ1v) is 10.5. The molecule has 31 heavy (non-hydrogen) atoms. The monoisotopic (exact) mass is 421 g/mol. The molecule has 0 aromatic carbocycles. The summed E-state index contributed by atoms with van der Waals surface area (Å²) in [7, 11) is 1.57. The van der Waals surface area contributed by atoms with Crippen LogP contribution in [0.1, 0.15) is 18.1 Å². The number of anilines is 2. The Morgan fingerprint density at radius 2 is 1.94 bits per heavy atom. The van der Waals surface area contributed by atoms with E-state index < -0.39 is 0 Å². The number of pyridine rings is 3. The molecule has 9 heteroatoms. The van der Waals surface area contributed by atoms with E-state index in [1.54, 1.807) is 13.2 Å². The van der Waals surface area contributed by atoms with Crippen LogP contribution in [0.2, 0.25) is 0 Å². The van der Waals surface area contributed by atoms with E-state index in [2.05, 4.69) is 35.4 Å². The normalized spacial score (nSPS) is 14.6. The fourth-order valence-electron chi connectivity index (χ4n) is 3.76. The van der Waals surface area contributed by atoms with E-state index in [1.165, 1.54) is 0 Å². The molecule has 4 heterocycles. The van der Waals surface area contributed by atoms with Gasteiger partial charge < -0.3 is 15.2 Å². The average Bonchev–Trinajstić information content (AvgIpc) is 2.79. The minimum Gasteiger partial charge on any atom is -0.368 e. The SMILES string of the molecule is CCc1cc2ncc(CN3CCN(c4ccc(NC(=O)NC)nc4)CC3)cc2[nH]c1=O. The summed E-state index contributed by atoms with van der Waals surface area (Å²) >= 11 is 0. The fraction of sp³-hybridized carbons (Fsp3) is 0.364. The topological polar surface area (TPSA) is 106 Å². The van der Waals surface area contributed by atoms with E-state index >= 15 is 0 Å². The summed E-state index contributed by atoms with van der Waals surface area (Å²) in [5, 5.41) is 5.17. The summed E-state index contributed by atoms with van der Waals surface area (Å²) < 4.78 is 0. The van der Waals surface area contributed by atoms with E-state index in [-0.39, 0.29) is 11.6 Å². The van der Waals surface area contributed by atoms with Gasteiger partial charge in [0.15, 0.2) is 0 Å². The number of carbonyl (C=O) groups is 1. The zero-order valence-electron chi connectivity index (χ0n) is 17.8. The van der Waals surface area contributed by atoms with Gasteiger partial charge in [0.05, 0.1) is 22.9 Å². The minimum atomic E-state index is -0.285. The zero-order valence-corrected chi connectivity index (χ0v) is 17.8. The van der Waals surface area contributed by atoms with Crippen LogP contribution < -0.4 is 21.1 Å². The third kappa shape index (κ3) is 4.83. The molecule has 0 bridgehead atoms. The first-order valence-electron chi connectivity index (χ1n) is 10.5. The second-order valence-electron chi connectivity index (χ2n) is 7.62. The maximum absolute atomic E-state index is 12.1. The first-order chi connectivity index (χ1) is 15.1. The van der Waals surface area contributed by atoms with Crippen LogP contribution in [0.15, 0.2) is 41.5 Å². The summed E-state index contributed by atoms with van der Waals surface area (Å²) in [6.07, 6.45) is 4.38. The van der Waals surface area contributed by atoms with E-state index in [4.69, 9.17) is 0 Å². The quantitative estimate of drug-likeness (QED) is 0.582. The van der Waals surface area contributed by atoms with Crippen LogP contribution in [0.3, 0.4) is 0 Å². The molecule has 1 aliphatic rings. The lowest BCUT2D eigenvalue weighted by Gasteiger charge is -2.36. The smallest absolute Gasteiger partial charge is 0.320 e. The van der Waals surface area contributed by atoms with Crippen molar-refractivity contribution in [3.8, 4) is 0 Å². The van der Waals surface area contributed by atoms with Crippen LogP contribution in [-0.2, 0) is 13.0 Å². The Labute approximate surface area is 180 Å². The molecule has 0 spiro atoms. The van der Waals surface area contributed by atoms with Crippen molar-refractivity contribution in [2.24, 2.45) is 0 Å². The molecule has 3 aromatic rings. The van der Waals surface area contributed by atoms with Gasteiger partial charge in [-0.3, -0.25) is 20.0 Å². The van der Waals surface area contributed by atoms with Crippen molar-refractivity contribution >= 4 is 28.6 Å². The Hall–Kier alpha value is -3.46. The Morgan fingerprint density at radius 1 is 1.13 bits per heavy atom. The molecular formula is C22H27N7O2. The number of piperazine rings is 1. The van der Waals surface area contributed by atoms with Gasteiger partial charge in [0.1, 0.15) is 5.82 Å². The number of aromatic nitrogens is 3. The Kier molecular flexibility index (Phi) is 6.13. The van der Waals surface area contributed by atoms with Gasteiger partial charge in [-0.2, -0.15) is 0 Å². The number of nitrogens with zero attached hydrogens (tertiary/aromatic N) is 4. The summed E-state index contributed by atoms with van der Waals surface area (Å²) in [6.45, 7) is 6.38. The predicted molar refractivity (Wildman–Crippen MR) is 122 cm³/mol. The Bertz CT molecular complexity index is 1120. The molecule has 0 unspecified atom stereocenters. The van der Waals surface area contributed by atoms with Crippen LogP contribution in [0.5, 0.6) is 0 Å². The van der Waals surface area contributed by atoms with E-state index in [0.717, 1.165) is 60.6 Å². The second kappa shape index (κ2) is 9.13. The molecule has 0 saturated carbocycles.